The van der Waals surface area contributed by atoms with Crippen LogP contribution in [-0.2, 0) is 13.1 Å². The van der Waals surface area contributed by atoms with Gasteiger partial charge in [0.1, 0.15) is 5.75 Å². The molecule has 3 aromatic rings. The zero-order valence-electron chi connectivity index (χ0n) is 16.5. The van der Waals surface area contributed by atoms with E-state index in [1.165, 1.54) is 0 Å². The summed E-state index contributed by atoms with van der Waals surface area (Å²) >= 11 is 0. The van der Waals surface area contributed by atoms with Crippen LogP contribution in [0, 0.1) is 0 Å². The average molecular weight is 383 g/mol. The molecule has 0 bridgehead atoms. The summed E-state index contributed by atoms with van der Waals surface area (Å²) in [6, 6.07) is 11.8. The highest BCUT2D eigenvalue weighted by Gasteiger charge is 2.13. The molecule has 2 aromatic carbocycles. The first-order valence-electron chi connectivity index (χ1n) is 8.86. The quantitative estimate of drug-likeness (QED) is 0.590. The van der Waals surface area contributed by atoms with Crippen LogP contribution in [0.4, 0.5) is 0 Å². The van der Waals surface area contributed by atoms with Gasteiger partial charge >= 0.3 is 0 Å². The van der Waals surface area contributed by atoms with Crippen LogP contribution in [0.1, 0.15) is 11.1 Å². The Morgan fingerprint density at radius 3 is 2.11 bits per heavy atom. The molecule has 28 heavy (non-hydrogen) atoms. The minimum absolute atomic E-state index is 0.588. The number of aromatic amines is 1. The molecule has 7 heteroatoms. The number of H-pyrrole nitrogens is 1. The van der Waals surface area contributed by atoms with E-state index in [2.05, 4.69) is 15.5 Å². The van der Waals surface area contributed by atoms with Gasteiger partial charge in [0.05, 0.1) is 40.3 Å². The van der Waals surface area contributed by atoms with Gasteiger partial charge in [0, 0.05) is 24.2 Å². The fourth-order valence-corrected chi connectivity index (χ4v) is 3.03. The highest BCUT2D eigenvalue weighted by molar-refractivity contribution is 5.63. The smallest absolute Gasteiger partial charge is 0.203 e. The van der Waals surface area contributed by atoms with Crippen LogP contribution in [0.15, 0.2) is 42.6 Å². The Bertz CT molecular complexity index is 881. The number of hydrogen-bond donors (Lipinski definition) is 2. The molecule has 0 saturated carbocycles. The molecule has 2 N–H and O–H groups in total. The van der Waals surface area contributed by atoms with Gasteiger partial charge in [-0.3, -0.25) is 5.10 Å². The van der Waals surface area contributed by atoms with Gasteiger partial charge in [0.2, 0.25) is 5.75 Å². The van der Waals surface area contributed by atoms with Gasteiger partial charge < -0.3 is 24.3 Å². The van der Waals surface area contributed by atoms with Crippen LogP contribution >= 0.6 is 0 Å². The first kappa shape index (κ1) is 19.6. The second-order valence-corrected chi connectivity index (χ2v) is 6.14. The minimum atomic E-state index is 0.588. The lowest BCUT2D eigenvalue weighted by atomic mass is 10.1. The maximum absolute atomic E-state index is 5.41. The summed E-state index contributed by atoms with van der Waals surface area (Å²) in [5.74, 6) is 2.69. The molecule has 1 heterocycles. The van der Waals surface area contributed by atoms with Gasteiger partial charge in [-0.1, -0.05) is 0 Å². The van der Waals surface area contributed by atoms with Crippen molar-refractivity contribution >= 4 is 0 Å². The Hall–Kier alpha value is -3.19. The molecule has 0 aliphatic carbocycles. The van der Waals surface area contributed by atoms with Crippen molar-refractivity contribution in [1.82, 2.24) is 15.5 Å². The van der Waals surface area contributed by atoms with E-state index in [1.807, 2.05) is 42.6 Å². The third kappa shape index (κ3) is 4.20. The van der Waals surface area contributed by atoms with Gasteiger partial charge in [0.15, 0.2) is 11.5 Å². The fraction of sp³-hybridized carbons (Fsp3) is 0.286. The van der Waals surface area contributed by atoms with Crippen molar-refractivity contribution in [3.63, 3.8) is 0 Å². The van der Waals surface area contributed by atoms with E-state index >= 15 is 0 Å². The molecular formula is C21H25N3O4. The molecule has 3 rings (SSSR count). The second-order valence-electron chi connectivity index (χ2n) is 6.14. The summed E-state index contributed by atoms with van der Waals surface area (Å²) in [5, 5.41) is 10.7. The first-order chi connectivity index (χ1) is 13.7. The van der Waals surface area contributed by atoms with E-state index in [-0.39, 0.29) is 0 Å². The van der Waals surface area contributed by atoms with Crippen LogP contribution in [0.3, 0.4) is 0 Å². The average Bonchev–Trinajstić information content (AvgIpc) is 3.21. The van der Waals surface area contributed by atoms with E-state index in [0.717, 1.165) is 28.1 Å². The molecule has 0 saturated heterocycles. The van der Waals surface area contributed by atoms with E-state index in [4.69, 9.17) is 18.9 Å². The van der Waals surface area contributed by atoms with Crippen molar-refractivity contribution in [2.24, 2.45) is 0 Å². The van der Waals surface area contributed by atoms with Gasteiger partial charge in [-0.2, -0.15) is 5.10 Å². The molecule has 0 spiro atoms. The third-order valence-corrected chi connectivity index (χ3v) is 4.47. The van der Waals surface area contributed by atoms with Gasteiger partial charge in [-0.05, 0) is 42.0 Å². The molecule has 0 atom stereocenters. The van der Waals surface area contributed by atoms with Crippen LogP contribution in [0.25, 0.3) is 11.3 Å². The topological polar surface area (TPSA) is 77.6 Å². The molecule has 0 radical (unpaired) electrons. The highest BCUT2D eigenvalue weighted by atomic mass is 16.5. The fourth-order valence-electron chi connectivity index (χ4n) is 3.03. The Balaban J connectivity index is 1.70. The maximum atomic E-state index is 5.41. The Morgan fingerprint density at radius 1 is 0.857 bits per heavy atom. The van der Waals surface area contributed by atoms with Crippen molar-refractivity contribution in [1.29, 1.82) is 0 Å². The monoisotopic (exact) mass is 383 g/mol. The Labute approximate surface area is 164 Å². The zero-order valence-corrected chi connectivity index (χ0v) is 16.5. The lowest BCUT2D eigenvalue weighted by molar-refractivity contribution is 0.323. The standard InChI is InChI=1S/C21H25N3O4/c1-25-17-7-5-15(6-8-17)20-16(13-23-24-20)12-22-11-14-9-18(26-2)21(28-4)19(10-14)27-3/h5-10,13,22H,11-12H2,1-4H3,(H,23,24). The summed E-state index contributed by atoms with van der Waals surface area (Å²) in [6.07, 6.45) is 1.84. The van der Waals surface area contributed by atoms with Crippen molar-refractivity contribution in [2.45, 2.75) is 13.1 Å². The Kier molecular flexibility index (Phi) is 6.39. The van der Waals surface area contributed by atoms with E-state index in [0.29, 0.717) is 30.3 Å². The zero-order chi connectivity index (χ0) is 19.9. The second kappa shape index (κ2) is 9.14. The lowest BCUT2D eigenvalue weighted by Gasteiger charge is -2.14. The summed E-state index contributed by atoms with van der Waals surface area (Å²) in [7, 11) is 6.48. The van der Waals surface area contributed by atoms with Crippen molar-refractivity contribution in [3.05, 3.63) is 53.7 Å². The molecule has 148 valence electrons. The van der Waals surface area contributed by atoms with E-state index in [1.54, 1.807) is 28.4 Å². The summed E-state index contributed by atoms with van der Waals surface area (Å²) in [4.78, 5) is 0. The molecular weight excluding hydrogens is 358 g/mol. The van der Waals surface area contributed by atoms with Gasteiger partial charge in [-0.15, -0.1) is 0 Å². The van der Waals surface area contributed by atoms with Crippen LogP contribution < -0.4 is 24.3 Å². The molecule has 0 aliphatic heterocycles. The first-order valence-corrected chi connectivity index (χ1v) is 8.86. The lowest BCUT2D eigenvalue weighted by Crippen LogP contribution is -2.13. The molecule has 0 fully saturated rings. The number of rotatable bonds is 9. The third-order valence-electron chi connectivity index (χ3n) is 4.47. The number of aromatic nitrogens is 2. The van der Waals surface area contributed by atoms with Crippen LogP contribution in [0.2, 0.25) is 0 Å². The number of hydrogen-bond acceptors (Lipinski definition) is 6. The predicted octanol–water partition coefficient (Wildman–Crippen LogP) is 3.40. The number of benzene rings is 2. The molecule has 0 unspecified atom stereocenters. The summed E-state index contributed by atoms with van der Waals surface area (Å²) in [5.41, 5.74) is 4.16. The SMILES string of the molecule is COc1ccc(-c2[nH]ncc2CNCc2cc(OC)c(OC)c(OC)c2)cc1. The number of nitrogens with zero attached hydrogens (tertiary/aromatic N) is 1. The summed E-state index contributed by atoms with van der Waals surface area (Å²) < 4.78 is 21.4. The normalized spacial score (nSPS) is 10.6. The van der Waals surface area contributed by atoms with Gasteiger partial charge in [-0.25, -0.2) is 0 Å². The number of methoxy groups -OCH3 is 4. The largest absolute Gasteiger partial charge is 0.497 e. The maximum Gasteiger partial charge on any atom is 0.203 e. The van der Waals surface area contributed by atoms with Crippen LogP contribution in [0.5, 0.6) is 23.0 Å². The highest BCUT2D eigenvalue weighted by Crippen LogP contribution is 2.38. The van der Waals surface area contributed by atoms with Crippen molar-refractivity contribution in [2.75, 3.05) is 28.4 Å². The predicted molar refractivity (Wildman–Crippen MR) is 107 cm³/mol. The minimum Gasteiger partial charge on any atom is -0.497 e. The van der Waals surface area contributed by atoms with Crippen molar-refractivity contribution < 1.29 is 18.9 Å². The molecule has 7 nitrogen and oxygen atoms in total. The van der Waals surface area contributed by atoms with Gasteiger partial charge in [0.25, 0.3) is 0 Å². The number of ether oxygens (including phenoxy) is 4. The van der Waals surface area contributed by atoms with E-state index in [9.17, 15) is 0 Å². The summed E-state index contributed by atoms with van der Waals surface area (Å²) in [6.45, 7) is 1.30. The van der Waals surface area contributed by atoms with Crippen molar-refractivity contribution in [3.8, 4) is 34.3 Å². The number of nitrogens with one attached hydrogen (secondary N) is 2. The molecule has 0 amide bonds. The van der Waals surface area contributed by atoms with E-state index < -0.39 is 0 Å². The molecule has 1 aromatic heterocycles. The van der Waals surface area contributed by atoms with Crippen LogP contribution in [-0.4, -0.2) is 38.6 Å². The Morgan fingerprint density at radius 2 is 1.54 bits per heavy atom. The molecule has 0 aliphatic rings.